The van der Waals surface area contributed by atoms with Gasteiger partial charge in [0.2, 0.25) is 0 Å². The predicted molar refractivity (Wildman–Crippen MR) is 217 cm³/mol. The monoisotopic (exact) mass is 692 g/mol. The van der Waals surface area contributed by atoms with Crippen molar-refractivity contribution in [3.05, 3.63) is 195 Å². The first-order valence-electron chi connectivity index (χ1n) is 17.8. The van der Waals surface area contributed by atoms with Gasteiger partial charge >= 0.3 is 0 Å². The molecule has 54 heavy (non-hydrogen) atoms. The molecule has 6 nitrogen and oxygen atoms in total. The summed E-state index contributed by atoms with van der Waals surface area (Å²) in [5.41, 5.74) is 12.8. The van der Waals surface area contributed by atoms with E-state index in [2.05, 4.69) is 119 Å². The second kappa shape index (κ2) is 14.7. The van der Waals surface area contributed by atoms with Crippen LogP contribution in [0.15, 0.2) is 195 Å². The van der Waals surface area contributed by atoms with E-state index in [1.807, 2.05) is 72.9 Å². The summed E-state index contributed by atoms with van der Waals surface area (Å²) in [6.45, 7) is 0. The summed E-state index contributed by atoms with van der Waals surface area (Å²) >= 11 is 0. The molecular weight excluding hydrogens is 661 g/mol. The van der Waals surface area contributed by atoms with Gasteiger partial charge in [-0.05, 0) is 75.8 Å². The van der Waals surface area contributed by atoms with Gasteiger partial charge in [-0.15, -0.1) is 0 Å². The molecule has 0 atom stereocenters. The van der Waals surface area contributed by atoms with E-state index in [1.165, 1.54) is 5.56 Å². The van der Waals surface area contributed by atoms with E-state index in [4.69, 9.17) is 19.9 Å². The SMILES string of the molecule is c1ccc(-c2ccc(-c3nc(-c4ccccc4)nc(-c4cccc(-c5ccc(-c6cc(-c7cccnc7)nc(-c7ccccn7)c6)cc5)c4)n3)cc2)cc1. The molecule has 0 N–H and O–H groups in total. The largest absolute Gasteiger partial charge is 0.264 e. The maximum Gasteiger partial charge on any atom is 0.164 e. The van der Waals surface area contributed by atoms with Crippen molar-refractivity contribution in [3.8, 4) is 90.2 Å². The maximum absolute atomic E-state index is 5.02. The molecule has 0 amide bonds. The Balaban J connectivity index is 1.06. The molecule has 0 radical (unpaired) electrons. The van der Waals surface area contributed by atoms with Gasteiger partial charge in [0.15, 0.2) is 17.5 Å². The molecule has 0 unspecified atom stereocenters. The second-order valence-electron chi connectivity index (χ2n) is 12.9. The van der Waals surface area contributed by atoms with Gasteiger partial charge in [0.05, 0.1) is 17.1 Å². The molecule has 6 heteroatoms. The van der Waals surface area contributed by atoms with Crippen LogP contribution in [0.1, 0.15) is 0 Å². The van der Waals surface area contributed by atoms with Crippen molar-refractivity contribution in [1.29, 1.82) is 0 Å². The standard InChI is InChI=1S/C48H32N6/c1-3-11-33(12-4-1)34-23-25-38(26-24-34)47-52-46(37-13-5-2-6-14-37)53-48(54-47)40-16-9-15-39(29-40)35-19-21-36(22-20-35)42-30-44(41-17-10-27-49-32-41)51-45(31-42)43-18-7-8-28-50-43/h1-32H. The summed E-state index contributed by atoms with van der Waals surface area (Å²) < 4.78 is 0. The quantitative estimate of drug-likeness (QED) is 0.158. The normalized spacial score (nSPS) is 11.0. The highest BCUT2D eigenvalue weighted by atomic mass is 15.0. The Hall–Kier alpha value is -7.44. The van der Waals surface area contributed by atoms with E-state index in [0.717, 1.165) is 67.2 Å². The number of hydrogen-bond donors (Lipinski definition) is 0. The summed E-state index contributed by atoms with van der Waals surface area (Å²) in [5, 5.41) is 0. The lowest BCUT2D eigenvalue weighted by atomic mass is 9.97. The average molecular weight is 693 g/mol. The molecule has 0 aliphatic rings. The van der Waals surface area contributed by atoms with Crippen molar-refractivity contribution in [3.63, 3.8) is 0 Å². The van der Waals surface area contributed by atoms with E-state index in [0.29, 0.717) is 17.5 Å². The van der Waals surface area contributed by atoms with Gasteiger partial charge in [0.25, 0.3) is 0 Å². The predicted octanol–water partition coefficient (Wildman–Crippen LogP) is 11.4. The topological polar surface area (TPSA) is 77.3 Å². The van der Waals surface area contributed by atoms with Crippen LogP contribution in [-0.2, 0) is 0 Å². The molecule has 0 spiro atoms. The summed E-state index contributed by atoms with van der Waals surface area (Å²) in [6, 6.07) is 59.8. The highest BCUT2D eigenvalue weighted by Gasteiger charge is 2.14. The summed E-state index contributed by atoms with van der Waals surface area (Å²) in [5.74, 6) is 1.87. The van der Waals surface area contributed by atoms with Gasteiger partial charge < -0.3 is 0 Å². The highest BCUT2D eigenvalue weighted by Crippen LogP contribution is 2.33. The zero-order valence-corrected chi connectivity index (χ0v) is 29.2. The molecule has 5 aromatic carbocycles. The van der Waals surface area contributed by atoms with E-state index < -0.39 is 0 Å². The van der Waals surface area contributed by atoms with Crippen LogP contribution in [0.4, 0.5) is 0 Å². The Kier molecular flexibility index (Phi) is 8.81. The van der Waals surface area contributed by atoms with Crippen LogP contribution < -0.4 is 0 Å². The lowest BCUT2D eigenvalue weighted by Crippen LogP contribution is -2.00. The fourth-order valence-corrected chi connectivity index (χ4v) is 6.49. The minimum atomic E-state index is 0.617. The number of rotatable bonds is 8. The minimum absolute atomic E-state index is 0.617. The van der Waals surface area contributed by atoms with Crippen molar-refractivity contribution >= 4 is 0 Å². The third-order valence-electron chi connectivity index (χ3n) is 9.30. The molecule has 4 heterocycles. The Morgan fingerprint density at radius 2 is 0.759 bits per heavy atom. The summed E-state index contributed by atoms with van der Waals surface area (Å²) in [4.78, 5) is 28.8. The van der Waals surface area contributed by atoms with E-state index in [9.17, 15) is 0 Å². The molecule has 9 rings (SSSR count). The molecule has 0 saturated carbocycles. The van der Waals surface area contributed by atoms with Crippen molar-refractivity contribution in [1.82, 2.24) is 29.9 Å². The Bertz CT molecular complexity index is 2610. The van der Waals surface area contributed by atoms with Gasteiger partial charge in [-0.25, -0.2) is 19.9 Å². The zero-order chi connectivity index (χ0) is 36.1. The van der Waals surface area contributed by atoms with Crippen LogP contribution in [0.25, 0.3) is 90.2 Å². The number of benzene rings is 5. The minimum Gasteiger partial charge on any atom is -0.264 e. The van der Waals surface area contributed by atoms with Gasteiger partial charge in [-0.1, -0.05) is 133 Å². The van der Waals surface area contributed by atoms with Crippen LogP contribution >= 0.6 is 0 Å². The Morgan fingerprint density at radius 1 is 0.259 bits per heavy atom. The summed E-state index contributed by atoms with van der Waals surface area (Å²) in [6.07, 6.45) is 5.40. The molecule has 0 bridgehead atoms. The van der Waals surface area contributed by atoms with Crippen molar-refractivity contribution in [2.75, 3.05) is 0 Å². The zero-order valence-electron chi connectivity index (χ0n) is 29.2. The third-order valence-corrected chi connectivity index (χ3v) is 9.30. The van der Waals surface area contributed by atoms with Crippen LogP contribution in [0, 0.1) is 0 Å². The van der Waals surface area contributed by atoms with Crippen LogP contribution in [0.2, 0.25) is 0 Å². The molecular formula is C48H32N6. The fourth-order valence-electron chi connectivity index (χ4n) is 6.49. The lowest BCUT2D eigenvalue weighted by Gasteiger charge is -2.11. The Labute approximate surface area is 313 Å². The van der Waals surface area contributed by atoms with Crippen LogP contribution in [0.3, 0.4) is 0 Å². The summed E-state index contributed by atoms with van der Waals surface area (Å²) in [7, 11) is 0. The average Bonchev–Trinajstić information content (AvgIpc) is 3.27. The molecule has 0 aliphatic carbocycles. The smallest absolute Gasteiger partial charge is 0.164 e. The second-order valence-corrected chi connectivity index (χ2v) is 12.9. The van der Waals surface area contributed by atoms with E-state index >= 15 is 0 Å². The van der Waals surface area contributed by atoms with Gasteiger partial charge in [-0.2, -0.15) is 0 Å². The van der Waals surface area contributed by atoms with Gasteiger partial charge in [0, 0.05) is 40.8 Å². The fraction of sp³-hybridized carbons (Fsp3) is 0. The highest BCUT2D eigenvalue weighted by molar-refractivity contribution is 5.79. The van der Waals surface area contributed by atoms with Crippen molar-refractivity contribution < 1.29 is 0 Å². The first-order chi connectivity index (χ1) is 26.7. The molecule has 0 aliphatic heterocycles. The number of hydrogen-bond acceptors (Lipinski definition) is 6. The van der Waals surface area contributed by atoms with Crippen LogP contribution in [-0.4, -0.2) is 29.9 Å². The molecule has 9 aromatic rings. The van der Waals surface area contributed by atoms with Crippen molar-refractivity contribution in [2.24, 2.45) is 0 Å². The molecule has 0 saturated heterocycles. The number of pyridine rings is 3. The first kappa shape index (κ1) is 32.5. The third kappa shape index (κ3) is 6.92. The van der Waals surface area contributed by atoms with Gasteiger partial charge in [0.1, 0.15) is 0 Å². The molecule has 4 aromatic heterocycles. The van der Waals surface area contributed by atoms with E-state index in [-0.39, 0.29) is 0 Å². The Morgan fingerprint density at radius 3 is 1.41 bits per heavy atom. The van der Waals surface area contributed by atoms with E-state index in [1.54, 1.807) is 12.4 Å². The number of nitrogens with zero attached hydrogens (tertiary/aromatic N) is 6. The number of aromatic nitrogens is 6. The lowest BCUT2D eigenvalue weighted by molar-refractivity contribution is 1.07. The maximum atomic E-state index is 5.02. The molecule has 0 fully saturated rings. The van der Waals surface area contributed by atoms with Gasteiger partial charge in [-0.3, -0.25) is 9.97 Å². The first-order valence-corrected chi connectivity index (χ1v) is 17.8. The molecule has 254 valence electrons. The van der Waals surface area contributed by atoms with Crippen LogP contribution in [0.5, 0.6) is 0 Å². The van der Waals surface area contributed by atoms with Crippen molar-refractivity contribution in [2.45, 2.75) is 0 Å².